The normalized spacial score (nSPS) is 20.9. The summed E-state index contributed by atoms with van der Waals surface area (Å²) in [6, 6.07) is 7.14. The third kappa shape index (κ3) is 9.67. The lowest BCUT2D eigenvalue weighted by atomic mass is 9.83. The largest absolute Gasteiger partial charge is 0.317 e. The molecule has 0 radical (unpaired) electrons. The predicted octanol–water partition coefficient (Wildman–Crippen LogP) is 7.27. The highest BCUT2D eigenvalue weighted by molar-refractivity contribution is 7.27. The molecule has 3 atom stereocenters. The molecule has 0 spiro atoms. The van der Waals surface area contributed by atoms with Gasteiger partial charge in [-0.2, -0.15) is 0 Å². The summed E-state index contributed by atoms with van der Waals surface area (Å²) < 4.78 is 0. The molecule has 2 nitrogen and oxygen atoms in total. The first-order valence-electron chi connectivity index (χ1n) is 12.1. The average molecular weight is 441 g/mol. The van der Waals surface area contributed by atoms with Gasteiger partial charge in [-0.25, -0.2) is 0 Å². The van der Waals surface area contributed by atoms with Crippen molar-refractivity contribution in [2.24, 2.45) is 10.9 Å². The van der Waals surface area contributed by atoms with Gasteiger partial charge in [0.25, 0.3) is 0 Å². The summed E-state index contributed by atoms with van der Waals surface area (Å²) in [7, 11) is 4.79. The Morgan fingerprint density at radius 1 is 1.19 bits per heavy atom. The van der Waals surface area contributed by atoms with Crippen LogP contribution in [-0.2, 0) is 6.42 Å². The van der Waals surface area contributed by atoms with Gasteiger partial charge in [0.1, 0.15) is 0 Å². The summed E-state index contributed by atoms with van der Waals surface area (Å²) >= 11 is 0. The second-order valence-corrected chi connectivity index (χ2v) is 8.89. The first-order chi connectivity index (χ1) is 15.0. The van der Waals surface area contributed by atoms with Gasteiger partial charge in [-0.3, -0.25) is 4.99 Å². The number of hydrogen-bond donors (Lipinski definition) is 1. The van der Waals surface area contributed by atoms with E-state index in [0.717, 1.165) is 12.8 Å². The first-order valence-corrected chi connectivity index (χ1v) is 12.7. The van der Waals surface area contributed by atoms with Gasteiger partial charge in [0.05, 0.1) is 5.70 Å². The second-order valence-electron chi connectivity index (χ2n) is 8.22. The fourth-order valence-electron chi connectivity index (χ4n) is 4.10. The van der Waals surface area contributed by atoms with E-state index in [1.807, 2.05) is 19.9 Å². The molecule has 2 aliphatic carbocycles. The van der Waals surface area contributed by atoms with E-state index in [0.29, 0.717) is 12.0 Å². The van der Waals surface area contributed by atoms with Crippen LogP contribution in [0.3, 0.4) is 0 Å². The van der Waals surface area contributed by atoms with E-state index in [2.05, 4.69) is 79.3 Å². The molecule has 1 aromatic rings. The highest BCUT2D eigenvalue weighted by atomic mass is 31.0. The lowest BCUT2D eigenvalue weighted by Crippen LogP contribution is -2.33. The van der Waals surface area contributed by atoms with Crippen molar-refractivity contribution in [3.8, 4) is 0 Å². The summed E-state index contributed by atoms with van der Waals surface area (Å²) in [5.74, 6) is 0.673. The van der Waals surface area contributed by atoms with Gasteiger partial charge < -0.3 is 5.32 Å². The number of hydrogen-bond acceptors (Lipinski definition) is 2. The SMILES string of the molecule is C=Cc1cc(P)cc(CC)c1.CC.CNC1CCCC(C(C)=NC2=CCCC=C2C)C1. The predicted molar refractivity (Wildman–Crippen MR) is 146 cm³/mol. The van der Waals surface area contributed by atoms with Crippen LogP contribution >= 0.6 is 9.24 Å². The quantitative estimate of drug-likeness (QED) is 0.378. The minimum absolute atomic E-state index is 0.673. The standard InChI is InChI=1S/C16H26N2.C10H13P.C2H6/c1-12-7-4-5-10-16(12)18-13(2)14-8-6-9-15(11-14)17-3;1-3-8-5-9(4-2)7-10(11)6-8;1-2/h7,10,14-15,17H,4-6,8-9,11H2,1-3H3;3,5-7H,1,4,11H2,2H3;1-2H3. The molecule has 0 saturated heterocycles. The molecular formula is C28H45N2P. The number of allylic oxidation sites excluding steroid dienone is 3. The highest BCUT2D eigenvalue weighted by Crippen LogP contribution is 2.27. The Morgan fingerprint density at radius 2 is 1.90 bits per heavy atom. The minimum Gasteiger partial charge on any atom is -0.317 e. The molecule has 1 N–H and O–H groups in total. The van der Waals surface area contributed by atoms with E-state index in [4.69, 9.17) is 4.99 Å². The zero-order valence-corrected chi connectivity index (χ0v) is 22.0. The second kappa shape index (κ2) is 15.3. The Kier molecular flexibility index (Phi) is 13.6. The molecule has 0 aliphatic heterocycles. The summed E-state index contributed by atoms with van der Waals surface area (Å²) in [6.07, 6.45) is 15.1. The average Bonchev–Trinajstić information content (AvgIpc) is 2.81. The lowest BCUT2D eigenvalue weighted by Gasteiger charge is -2.29. The lowest BCUT2D eigenvalue weighted by molar-refractivity contribution is 0.350. The highest BCUT2D eigenvalue weighted by Gasteiger charge is 2.23. The molecule has 0 aromatic heterocycles. The minimum atomic E-state index is 0.673. The van der Waals surface area contributed by atoms with E-state index in [-0.39, 0.29) is 0 Å². The van der Waals surface area contributed by atoms with Crippen molar-refractivity contribution in [1.29, 1.82) is 0 Å². The molecule has 0 bridgehead atoms. The fourth-order valence-corrected chi connectivity index (χ4v) is 4.51. The molecule has 2 aliphatic rings. The van der Waals surface area contributed by atoms with Crippen LogP contribution < -0.4 is 10.6 Å². The van der Waals surface area contributed by atoms with Crippen molar-refractivity contribution in [1.82, 2.24) is 5.32 Å². The molecular weight excluding hydrogens is 395 g/mol. The fraction of sp³-hybridized carbons (Fsp3) is 0.536. The first kappa shape index (κ1) is 27.5. The number of benzene rings is 1. The number of rotatable bonds is 5. The summed E-state index contributed by atoms with van der Waals surface area (Å²) in [4.78, 5) is 4.89. The van der Waals surface area contributed by atoms with E-state index >= 15 is 0 Å². The summed E-state index contributed by atoms with van der Waals surface area (Å²) in [6.45, 7) is 14.3. The van der Waals surface area contributed by atoms with Crippen molar-refractivity contribution in [3.05, 3.63) is 59.3 Å². The van der Waals surface area contributed by atoms with Crippen LogP contribution in [0, 0.1) is 5.92 Å². The van der Waals surface area contributed by atoms with Crippen LogP contribution in [0.2, 0.25) is 0 Å². The van der Waals surface area contributed by atoms with Crippen LogP contribution in [0.15, 0.2) is 53.2 Å². The van der Waals surface area contributed by atoms with Gasteiger partial charge in [0.2, 0.25) is 0 Å². The van der Waals surface area contributed by atoms with Gasteiger partial charge in [-0.05, 0) is 93.4 Å². The maximum absolute atomic E-state index is 4.89. The Bertz CT molecular complexity index is 773. The van der Waals surface area contributed by atoms with Crippen molar-refractivity contribution in [2.45, 2.75) is 85.6 Å². The molecule has 172 valence electrons. The van der Waals surface area contributed by atoms with Gasteiger partial charge in [0.15, 0.2) is 0 Å². The smallest absolute Gasteiger partial charge is 0.0615 e. The van der Waals surface area contributed by atoms with Crippen molar-refractivity contribution in [2.75, 3.05) is 7.05 Å². The third-order valence-electron chi connectivity index (χ3n) is 6.01. The van der Waals surface area contributed by atoms with Crippen LogP contribution in [0.4, 0.5) is 0 Å². The van der Waals surface area contributed by atoms with Crippen molar-refractivity contribution < 1.29 is 0 Å². The molecule has 1 saturated carbocycles. The molecule has 3 rings (SSSR count). The van der Waals surface area contributed by atoms with Crippen LogP contribution in [0.1, 0.15) is 84.3 Å². The molecule has 0 amide bonds. The van der Waals surface area contributed by atoms with E-state index < -0.39 is 0 Å². The number of aryl methyl sites for hydroxylation is 1. The molecule has 3 unspecified atom stereocenters. The number of nitrogens with one attached hydrogen (secondary N) is 1. The Balaban J connectivity index is 0.000000317. The third-order valence-corrected chi connectivity index (χ3v) is 6.34. The van der Waals surface area contributed by atoms with E-state index in [1.165, 1.54) is 65.5 Å². The summed E-state index contributed by atoms with van der Waals surface area (Å²) in [5, 5.41) is 4.66. The van der Waals surface area contributed by atoms with Crippen molar-refractivity contribution >= 4 is 26.3 Å². The molecule has 31 heavy (non-hydrogen) atoms. The van der Waals surface area contributed by atoms with E-state index in [9.17, 15) is 0 Å². The van der Waals surface area contributed by atoms with Crippen LogP contribution in [0.5, 0.6) is 0 Å². The molecule has 1 fully saturated rings. The van der Waals surface area contributed by atoms with Crippen LogP contribution in [-0.4, -0.2) is 18.8 Å². The Labute approximate surface area is 194 Å². The van der Waals surface area contributed by atoms with Gasteiger partial charge in [-0.1, -0.05) is 64.1 Å². The van der Waals surface area contributed by atoms with Gasteiger partial charge >= 0.3 is 0 Å². The van der Waals surface area contributed by atoms with Gasteiger partial charge in [0, 0.05) is 11.8 Å². The van der Waals surface area contributed by atoms with Crippen LogP contribution in [0.25, 0.3) is 6.08 Å². The van der Waals surface area contributed by atoms with E-state index in [1.54, 1.807) is 0 Å². The number of nitrogens with zero attached hydrogens (tertiary/aromatic N) is 1. The monoisotopic (exact) mass is 440 g/mol. The number of aliphatic imine (C=N–C) groups is 1. The zero-order chi connectivity index (χ0) is 23.2. The molecule has 1 aromatic carbocycles. The molecule has 3 heteroatoms. The van der Waals surface area contributed by atoms with Gasteiger partial charge in [-0.15, -0.1) is 9.24 Å². The summed E-state index contributed by atoms with van der Waals surface area (Å²) in [5.41, 5.74) is 6.46. The molecule has 0 heterocycles. The zero-order valence-electron chi connectivity index (χ0n) is 20.8. The Morgan fingerprint density at radius 3 is 2.52 bits per heavy atom. The maximum atomic E-state index is 4.89. The van der Waals surface area contributed by atoms with Crippen molar-refractivity contribution in [3.63, 3.8) is 0 Å². The maximum Gasteiger partial charge on any atom is 0.0615 e. The Hall–Kier alpha value is -1.50. The topological polar surface area (TPSA) is 24.4 Å².